The molecule has 0 bridgehead atoms. The molecule has 1 aliphatic rings. The summed E-state index contributed by atoms with van der Waals surface area (Å²) in [5, 5.41) is 0. The number of nitrogens with zero attached hydrogens (tertiary/aromatic N) is 1. The van der Waals surface area contributed by atoms with Crippen molar-refractivity contribution in [1.29, 1.82) is 0 Å². The fourth-order valence-electron chi connectivity index (χ4n) is 3.17. The summed E-state index contributed by atoms with van der Waals surface area (Å²) < 4.78 is 5.61. The Morgan fingerprint density at radius 2 is 2.00 bits per heavy atom. The molecule has 1 rings (SSSR count). The van der Waals surface area contributed by atoms with Gasteiger partial charge in [0.2, 0.25) is 5.91 Å². The molecule has 3 atom stereocenters. The van der Waals surface area contributed by atoms with Crippen LogP contribution in [0.15, 0.2) is 0 Å². The van der Waals surface area contributed by atoms with Gasteiger partial charge in [0.1, 0.15) is 0 Å². The van der Waals surface area contributed by atoms with Gasteiger partial charge in [-0.05, 0) is 37.5 Å². The minimum Gasteiger partial charge on any atom is -0.381 e. The van der Waals surface area contributed by atoms with Gasteiger partial charge in [-0.15, -0.1) is 0 Å². The first-order chi connectivity index (χ1) is 9.51. The number of carbonyl (C=O) groups is 1. The lowest BCUT2D eigenvalue weighted by atomic mass is 9.79. The summed E-state index contributed by atoms with van der Waals surface area (Å²) in [7, 11) is 0. The van der Waals surface area contributed by atoms with E-state index in [1.54, 1.807) is 0 Å². The molecule has 0 aromatic heterocycles. The van der Waals surface area contributed by atoms with Gasteiger partial charge in [-0.3, -0.25) is 4.79 Å². The molecule has 3 nitrogen and oxygen atoms in total. The van der Waals surface area contributed by atoms with Gasteiger partial charge in [-0.25, -0.2) is 0 Å². The van der Waals surface area contributed by atoms with Crippen molar-refractivity contribution in [2.24, 2.45) is 23.7 Å². The molecule has 1 fully saturated rings. The average Bonchev–Trinajstić information content (AvgIpc) is 2.45. The fraction of sp³-hybridized carbons (Fsp3) is 0.941. The molecule has 0 aromatic rings. The van der Waals surface area contributed by atoms with Crippen molar-refractivity contribution in [2.75, 3.05) is 26.3 Å². The number of carbonyl (C=O) groups excluding carboxylic acids is 1. The molecular formula is C17H33NO2. The number of amides is 1. The van der Waals surface area contributed by atoms with Crippen molar-refractivity contribution in [2.45, 2.75) is 53.9 Å². The minimum absolute atomic E-state index is 0.124. The van der Waals surface area contributed by atoms with Crippen LogP contribution in [0.3, 0.4) is 0 Å². The van der Waals surface area contributed by atoms with E-state index < -0.39 is 0 Å². The summed E-state index contributed by atoms with van der Waals surface area (Å²) in [4.78, 5) is 15.0. The zero-order chi connectivity index (χ0) is 15.1. The summed E-state index contributed by atoms with van der Waals surface area (Å²) in [5.74, 6) is 1.84. The maximum absolute atomic E-state index is 12.9. The third kappa shape index (κ3) is 4.76. The predicted molar refractivity (Wildman–Crippen MR) is 83.6 cm³/mol. The van der Waals surface area contributed by atoms with E-state index in [1.165, 1.54) is 0 Å². The smallest absolute Gasteiger partial charge is 0.226 e. The lowest BCUT2D eigenvalue weighted by Crippen LogP contribution is -2.44. The summed E-state index contributed by atoms with van der Waals surface area (Å²) in [6.45, 7) is 14.2. The second kappa shape index (κ2) is 8.66. The van der Waals surface area contributed by atoms with Crippen LogP contribution in [-0.4, -0.2) is 37.1 Å². The molecule has 20 heavy (non-hydrogen) atoms. The van der Waals surface area contributed by atoms with E-state index in [-0.39, 0.29) is 5.92 Å². The first-order valence-corrected chi connectivity index (χ1v) is 8.37. The van der Waals surface area contributed by atoms with E-state index >= 15 is 0 Å². The standard InChI is InChI=1S/C17H33NO2/c1-6-14(5)11-18(7-2)17(19)16(13(3)4)15-9-8-10-20-12-15/h13-16H,6-12H2,1-5H3. The van der Waals surface area contributed by atoms with Crippen LogP contribution >= 0.6 is 0 Å². The molecule has 0 spiro atoms. The second-order valence-electron chi connectivity index (χ2n) is 6.64. The van der Waals surface area contributed by atoms with Gasteiger partial charge in [-0.2, -0.15) is 0 Å². The first-order valence-electron chi connectivity index (χ1n) is 8.37. The minimum atomic E-state index is 0.124. The van der Waals surface area contributed by atoms with Crippen LogP contribution in [0.1, 0.15) is 53.9 Å². The summed E-state index contributed by atoms with van der Waals surface area (Å²) in [6, 6.07) is 0. The normalized spacial score (nSPS) is 22.6. The molecule has 0 N–H and O–H groups in total. The van der Waals surface area contributed by atoms with Crippen molar-refractivity contribution >= 4 is 5.91 Å². The van der Waals surface area contributed by atoms with Gasteiger partial charge in [0.25, 0.3) is 0 Å². The maximum atomic E-state index is 12.9. The third-order valence-corrected chi connectivity index (χ3v) is 4.63. The van der Waals surface area contributed by atoms with E-state index in [0.717, 1.165) is 45.6 Å². The van der Waals surface area contributed by atoms with Crippen molar-refractivity contribution in [1.82, 2.24) is 4.90 Å². The summed E-state index contributed by atoms with van der Waals surface area (Å²) >= 11 is 0. The molecule has 0 aromatic carbocycles. The van der Waals surface area contributed by atoms with Crippen molar-refractivity contribution < 1.29 is 9.53 Å². The molecule has 1 amide bonds. The Morgan fingerprint density at radius 1 is 1.30 bits per heavy atom. The van der Waals surface area contributed by atoms with E-state index in [9.17, 15) is 4.79 Å². The van der Waals surface area contributed by atoms with Crippen molar-refractivity contribution in [3.05, 3.63) is 0 Å². The first kappa shape index (κ1) is 17.5. The molecule has 118 valence electrons. The highest BCUT2D eigenvalue weighted by Crippen LogP contribution is 2.30. The molecule has 0 aliphatic carbocycles. The quantitative estimate of drug-likeness (QED) is 0.714. The number of hydrogen-bond donors (Lipinski definition) is 0. The van der Waals surface area contributed by atoms with Crippen molar-refractivity contribution in [3.63, 3.8) is 0 Å². The van der Waals surface area contributed by atoms with Crippen LogP contribution in [0, 0.1) is 23.7 Å². The Hall–Kier alpha value is -0.570. The Balaban J connectivity index is 2.75. The van der Waals surface area contributed by atoms with Gasteiger partial charge >= 0.3 is 0 Å². The molecule has 3 unspecified atom stereocenters. The number of rotatable bonds is 7. The van der Waals surface area contributed by atoms with Gasteiger partial charge in [0, 0.05) is 25.6 Å². The summed E-state index contributed by atoms with van der Waals surface area (Å²) in [5.41, 5.74) is 0. The predicted octanol–water partition coefficient (Wildman–Crippen LogP) is 3.58. The van der Waals surface area contributed by atoms with E-state index in [0.29, 0.717) is 23.7 Å². The summed E-state index contributed by atoms with van der Waals surface area (Å²) in [6.07, 6.45) is 3.36. The maximum Gasteiger partial charge on any atom is 0.226 e. The molecule has 1 heterocycles. The van der Waals surface area contributed by atoms with E-state index in [4.69, 9.17) is 4.74 Å². The van der Waals surface area contributed by atoms with Crippen LogP contribution in [-0.2, 0) is 9.53 Å². The van der Waals surface area contributed by atoms with Gasteiger partial charge in [0.05, 0.1) is 6.61 Å². The third-order valence-electron chi connectivity index (χ3n) is 4.63. The molecule has 3 heteroatoms. The molecule has 1 aliphatic heterocycles. The van der Waals surface area contributed by atoms with Crippen LogP contribution in [0.2, 0.25) is 0 Å². The van der Waals surface area contributed by atoms with Crippen LogP contribution in [0.4, 0.5) is 0 Å². The van der Waals surface area contributed by atoms with E-state index in [2.05, 4.69) is 39.5 Å². The lowest BCUT2D eigenvalue weighted by molar-refractivity contribution is -0.142. The second-order valence-corrected chi connectivity index (χ2v) is 6.64. The zero-order valence-corrected chi connectivity index (χ0v) is 14.0. The topological polar surface area (TPSA) is 29.5 Å². The monoisotopic (exact) mass is 283 g/mol. The van der Waals surface area contributed by atoms with Gasteiger partial charge in [-0.1, -0.05) is 34.1 Å². The lowest BCUT2D eigenvalue weighted by Gasteiger charge is -2.36. The van der Waals surface area contributed by atoms with Gasteiger partial charge < -0.3 is 9.64 Å². The van der Waals surface area contributed by atoms with Crippen LogP contribution in [0.5, 0.6) is 0 Å². The van der Waals surface area contributed by atoms with Gasteiger partial charge in [0.15, 0.2) is 0 Å². The largest absolute Gasteiger partial charge is 0.381 e. The number of ether oxygens (including phenoxy) is 1. The molecule has 0 radical (unpaired) electrons. The van der Waals surface area contributed by atoms with Crippen LogP contribution in [0.25, 0.3) is 0 Å². The van der Waals surface area contributed by atoms with E-state index in [1.807, 2.05) is 0 Å². The van der Waals surface area contributed by atoms with Crippen molar-refractivity contribution in [3.8, 4) is 0 Å². The highest BCUT2D eigenvalue weighted by molar-refractivity contribution is 5.79. The molecular weight excluding hydrogens is 250 g/mol. The van der Waals surface area contributed by atoms with Crippen LogP contribution < -0.4 is 0 Å². The zero-order valence-electron chi connectivity index (χ0n) is 14.0. The number of hydrogen-bond acceptors (Lipinski definition) is 2. The Bertz CT molecular complexity index is 285. The Morgan fingerprint density at radius 3 is 2.45 bits per heavy atom. The Kier molecular flexibility index (Phi) is 7.57. The highest BCUT2D eigenvalue weighted by atomic mass is 16.5. The average molecular weight is 283 g/mol. The SMILES string of the molecule is CCC(C)CN(CC)C(=O)C(C(C)C)C1CCCOC1. The molecule has 1 saturated heterocycles. The molecule has 0 saturated carbocycles. The highest BCUT2D eigenvalue weighted by Gasteiger charge is 2.34. The Labute approximate surface area is 125 Å². The fourth-order valence-corrected chi connectivity index (χ4v) is 3.17.